The van der Waals surface area contributed by atoms with Crippen molar-refractivity contribution in [2.75, 3.05) is 20.3 Å². The number of fused-ring (bicyclic) bond motifs is 1. The van der Waals surface area contributed by atoms with Crippen LogP contribution in [0, 0.1) is 13.8 Å². The Balaban J connectivity index is 1.61. The molecular weight excluding hydrogens is 354 g/mol. The number of rotatable bonds is 6. The van der Waals surface area contributed by atoms with E-state index in [0.717, 1.165) is 5.75 Å². The molecule has 0 aliphatic rings. The lowest BCUT2D eigenvalue weighted by Crippen LogP contribution is -2.28. The van der Waals surface area contributed by atoms with E-state index >= 15 is 0 Å². The molecule has 0 atom stereocenters. The van der Waals surface area contributed by atoms with Gasteiger partial charge in [-0.2, -0.15) is 0 Å². The van der Waals surface area contributed by atoms with Gasteiger partial charge in [-0.1, -0.05) is 0 Å². The van der Waals surface area contributed by atoms with Gasteiger partial charge in [0.05, 0.1) is 23.9 Å². The molecule has 0 bridgehead atoms. The second-order valence-corrected chi connectivity index (χ2v) is 6.67. The van der Waals surface area contributed by atoms with Gasteiger partial charge in [0.25, 0.3) is 11.5 Å². The van der Waals surface area contributed by atoms with Crippen molar-refractivity contribution in [3.8, 4) is 11.5 Å². The van der Waals surface area contributed by atoms with Gasteiger partial charge in [0, 0.05) is 0 Å². The zero-order valence-corrected chi connectivity index (χ0v) is 15.5. The number of carbonyl (C=O) groups excluding carboxylic acids is 1. The van der Waals surface area contributed by atoms with Crippen LogP contribution in [0.2, 0.25) is 0 Å². The Morgan fingerprint density at radius 2 is 1.92 bits per heavy atom. The van der Waals surface area contributed by atoms with Crippen LogP contribution < -0.4 is 20.3 Å². The number of nitrogens with one attached hydrogen (secondary N) is 2. The number of thiophene rings is 1. The van der Waals surface area contributed by atoms with Crippen LogP contribution in [0.15, 0.2) is 29.1 Å². The number of aryl methyl sites for hydroxylation is 2. The fourth-order valence-corrected chi connectivity index (χ4v) is 3.70. The van der Waals surface area contributed by atoms with Gasteiger partial charge in [0.1, 0.15) is 28.8 Å². The maximum absolute atomic E-state index is 12.4. The maximum Gasteiger partial charge on any atom is 0.261 e. The molecule has 0 spiro atoms. The number of methoxy groups -OCH3 is 1. The SMILES string of the molecule is COc1ccc(OCCNC(=O)c2sc3nc(C)[nH]c(=O)c3c2C)cc1. The van der Waals surface area contributed by atoms with E-state index in [1.165, 1.54) is 11.3 Å². The van der Waals surface area contributed by atoms with Crippen LogP contribution in [0.25, 0.3) is 10.2 Å². The number of nitrogens with zero attached hydrogens (tertiary/aromatic N) is 1. The Kier molecular flexibility index (Phi) is 5.22. The molecule has 8 heteroatoms. The second-order valence-electron chi connectivity index (χ2n) is 5.67. The summed E-state index contributed by atoms with van der Waals surface area (Å²) < 4.78 is 10.7. The molecule has 2 N–H and O–H groups in total. The molecule has 2 heterocycles. The third-order valence-corrected chi connectivity index (χ3v) is 5.03. The minimum atomic E-state index is -0.235. The van der Waals surface area contributed by atoms with Crippen LogP contribution in [0.1, 0.15) is 21.1 Å². The molecule has 0 aliphatic heterocycles. The first-order valence-corrected chi connectivity index (χ1v) is 8.86. The van der Waals surface area contributed by atoms with Crippen LogP contribution >= 0.6 is 11.3 Å². The maximum atomic E-state index is 12.4. The number of amides is 1. The summed E-state index contributed by atoms with van der Waals surface area (Å²) in [5.41, 5.74) is 0.426. The predicted octanol–water partition coefficient (Wildman–Crippen LogP) is 2.42. The van der Waals surface area contributed by atoms with E-state index in [4.69, 9.17) is 9.47 Å². The molecule has 3 aromatic rings. The molecule has 3 rings (SSSR count). The molecule has 0 aliphatic carbocycles. The Morgan fingerprint density at radius 3 is 2.62 bits per heavy atom. The number of hydrogen-bond acceptors (Lipinski definition) is 6. The molecule has 2 aromatic heterocycles. The van der Waals surface area contributed by atoms with Crippen LogP contribution in [0.5, 0.6) is 11.5 Å². The molecule has 26 heavy (non-hydrogen) atoms. The summed E-state index contributed by atoms with van der Waals surface area (Å²) in [4.78, 5) is 32.5. The quantitative estimate of drug-likeness (QED) is 0.647. The average Bonchev–Trinajstić information content (AvgIpc) is 2.95. The number of H-pyrrole nitrogens is 1. The number of hydrogen-bond donors (Lipinski definition) is 2. The van der Waals surface area contributed by atoms with E-state index < -0.39 is 0 Å². The summed E-state index contributed by atoms with van der Waals surface area (Å²) in [6.07, 6.45) is 0. The highest BCUT2D eigenvalue weighted by molar-refractivity contribution is 7.20. The standard InChI is InChI=1S/C18H19N3O4S/c1-10-14-16(22)20-11(2)21-18(14)26-15(10)17(23)19-8-9-25-13-6-4-12(24-3)5-7-13/h4-7H,8-9H2,1-3H3,(H,19,23)(H,20,21,22). The summed E-state index contributed by atoms with van der Waals surface area (Å²) in [6, 6.07) is 7.22. The Hall–Kier alpha value is -2.87. The van der Waals surface area contributed by atoms with E-state index in [1.807, 2.05) is 0 Å². The fraction of sp³-hybridized carbons (Fsp3) is 0.278. The molecule has 1 aromatic carbocycles. The highest BCUT2D eigenvalue weighted by Crippen LogP contribution is 2.26. The molecule has 0 saturated heterocycles. The minimum absolute atomic E-state index is 0.219. The second kappa shape index (κ2) is 7.57. The van der Waals surface area contributed by atoms with Crippen LogP contribution in [0.4, 0.5) is 0 Å². The third-order valence-electron chi connectivity index (χ3n) is 3.84. The fourth-order valence-electron chi connectivity index (χ4n) is 2.55. The van der Waals surface area contributed by atoms with Crippen molar-refractivity contribution in [2.45, 2.75) is 13.8 Å². The van der Waals surface area contributed by atoms with Crippen LogP contribution in [-0.2, 0) is 0 Å². The van der Waals surface area contributed by atoms with Gasteiger partial charge < -0.3 is 19.8 Å². The molecule has 0 saturated carbocycles. The Bertz CT molecular complexity index is 992. The van der Waals surface area contributed by atoms with Gasteiger partial charge in [-0.05, 0) is 43.7 Å². The predicted molar refractivity (Wildman–Crippen MR) is 101 cm³/mol. The number of ether oxygens (including phenoxy) is 2. The van der Waals surface area contributed by atoms with Crippen molar-refractivity contribution in [1.82, 2.24) is 15.3 Å². The summed E-state index contributed by atoms with van der Waals surface area (Å²) in [6.45, 7) is 4.15. The third kappa shape index (κ3) is 3.70. The highest BCUT2D eigenvalue weighted by Gasteiger charge is 2.18. The first-order valence-electron chi connectivity index (χ1n) is 8.04. The summed E-state index contributed by atoms with van der Waals surface area (Å²) in [5, 5.41) is 3.28. The molecule has 7 nitrogen and oxygen atoms in total. The largest absolute Gasteiger partial charge is 0.497 e. The van der Waals surface area contributed by atoms with Crippen molar-refractivity contribution in [1.29, 1.82) is 0 Å². The lowest BCUT2D eigenvalue weighted by molar-refractivity contribution is 0.0950. The first-order chi connectivity index (χ1) is 12.5. The average molecular weight is 373 g/mol. The summed E-state index contributed by atoms with van der Waals surface area (Å²) in [7, 11) is 1.60. The summed E-state index contributed by atoms with van der Waals surface area (Å²) >= 11 is 1.22. The molecule has 0 unspecified atom stereocenters. The van der Waals surface area contributed by atoms with E-state index in [2.05, 4.69) is 15.3 Å². The normalized spacial score (nSPS) is 10.7. The Labute approximate surface area is 154 Å². The van der Waals surface area contributed by atoms with E-state index in [9.17, 15) is 9.59 Å². The van der Waals surface area contributed by atoms with Gasteiger partial charge in [0.2, 0.25) is 0 Å². The van der Waals surface area contributed by atoms with Crippen LogP contribution in [0.3, 0.4) is 0 Å². The molecule has 1 amide bonds. The minimum Gasteiger partial charge on any atom is -0.497 e. The molecule has 136 valence electrons. The zero-order chi connectivity index (χ0) is 18.7. The van der Waals surface area contributed by atoms with Gasteiger partial charge in [-0.25, -0.2) is 4.98 Å². The number of aromatic nitrogens is 2. The van der Waals surface area contributed by atoms with Crippen LogP contribution in [-0.4, -0.2) is 36.1 Å². The lowest BCUT2D eigenvalue weighted by atomic mass is 10.2. The van der Waals surface area contributed by atoms with E-state index in [1.54, 1.807) is 45.2 Å². The molecule has 0 radical (unpaired) electrons. The van der Waals surface area contributed by atoms with E-state index in [0.29, 0.717) is 45.4 Å². The van der Waals surface area contributed by atoms with Crippen molar-refractivity contribution in [3.63, 3.8) is 0 Å². The van der Waals surface area contributed by atoms with Crippen molar-refractivity contribution in [3.05, 3.63) is 50.9 Å². The van der Waals surface area contributed by atoms with Crippen molar-refractivity contribution >= 4 is 27.5 Å². The van der Waals surface area contributed by atoms with Gasteiger partial charge in [-0.3, -0.25) is 9.59 Å². The van der Waals surface area contributed by atoms with Gasteiger partial charge >= 0.3 is 0 Å². The molecular formula is C18H19N3O4S. The van der Waals surface area contributed by atoms with Gasteiger partial charge in [0.15, 0.2) is 0 Å². The Morgan fingerprint density at radius 1 is 1.23 bits per heavy atom. The van der Waals surface area contributed by atoms with Crippen molar-refractivity contribution in [2.24, 2.45) is 0 Å². The van der Waals surface area contributed by atoms with Crippen molar-refractivity contribution < 1.29 is 14.3 Å². The smallest absolute Gasteiger partial charge is 0.261 e. The monoisotopic (exact) mass is 373 g/mol. The topological polar surface area (TPSA) is 93.3 Å². The zero-order valence-electron chi connectivity index (χ0n) is 14.7. The first kappa shape index (κ1) is 17.9. The lowest BCUT2D eigenvalue weighted by Gasteiger charge is -2.08. The number of benzene rings is 1. The summed E-state index contributed by atoms with van der Waals surface area (Å²) in [5.74, 6) is 1.75. The number of carbonyl (C=O) groups is 1. The molecule has 0 fully saturated rings. The number of aromatic amines is 1. The van der Waals surface area contributed by atoms with E-state index in [-0.39, 0.29) is 11.5 Å². The van der Waals surface area contributed by atoms with Gasteiger partial charge in [-0.15, -0.1) is 11.3 Å². The highest BCUT2D eigenvalue weighted by atomic mass is 32.1.